The molecule has 0 atom stereocenters. The minimum absolute atomic E-state index is 0.0300. The van der Waals surface area contributed by atoms with E-state index in [9.17, 15) is 4.79 Å². The van der Waals surface area contributed by atoms with E-state index in [1.165, 1.54) is 0 Å². The molecule has 19 heavy (non-hydrogen) atoms. The van der Waals surface area contributed by atoms with Gasteiger partial charge in [-0.1, -0.05) is 24.3 Å². The quantitative estimate of drug-likeness (QED) is 0.790. The summed E-state index contributed by atoms with van der Waals surface area (Å²) in [6.07, 6.45) is 0.870. The van der Waals surface area contributed by atoms with Crippen molar-refractivity contribution in [2.75, 3.05) is 13.7 Å². The number of carbonyl (C=O) groups is 1. The SMILES string of the molecule is COc1cccc(C(=O)c2cccc3c2OCC3)c1. The summed E-state index contributed by atoms with van der Waals surface area (Å²) in [5, 5.41) is 0. The van der Waals surface area contributed by atoms with E-state index in [1.54, 1.807) is 19.2 Å². The summed E-state index contributed by atoms with van der Waals surface area (Å²) in [6, 6.07) is 12.9. The molecule has 2 aromatic rings. The van der Waals surface area contributed by atoms with E-state index < -0.39 is 0 Å². The van der Waals surface area contributed by atoms with Gasteiger partial charge >= 0.3 is 0 Å². The normalized spacial score (nSPS) is 12.7. The van der Waals surface area contributed by atoms with Crippen LogP contribution in [-0.4, -0.2) is 19.5 Å². The van der Waals surface area contributed by atoms with Crippen molar-refractivity contribution in [2.45, 2.75) is 6.42 Å². The van der Waals surface area contributed by atoms with Gasteiger partial charge in [0.25, 0.3) is 0 Å². The molecular formula is C16H14O3. The lowest BCUT2D eigenvalue weighted by Crippen LogP contribution is -2.04. The van der Waals surface area contributed by atoms with Crippen molar-refractivity contribution in [2.24, 2.45) is 0 Å². The second-order valence-corrected chi connectivity index (χ2v) is 4.45. The zero-order chi connectivity index (χ0) is 13.2. The third-order valence-corrected chi connectivity index (χ3v) is 3.29. The molecular weight excluding hydrogens is 240 g/mol. The fraction of sp³-hybridized carbons (Fsp3) is 0.188. The van der Waals surface area contributed by atoms with Gasteiger partial charge in [0.15, 0.2) is 5.78 Å². The topological polar surface area (TPSA) is 35.5 Å². The molecule has 1 aliphatic rings. The Morgan fingerprint density at radius 2 is 2.05 bits per heavy atom. The van der Waals surface area contributed by atoms with Gasteiger partial charge in [-0.15, -0.1) is 0 Å². The van der Waals surface area contributed by atoms with Crippen LogP contribution in [0, 0.1) is 0 Å². The van der Waals surface area contributed by atoms with E-state index >= 15 is 0 Å². The van der Waals surface area contributed by atoms with E-state index in [0.29, 0.717) is 23.5 Å². The summed E-state index contributed by atoms with van der Waals surface area (Å²) in [5.74, 6) is 1.38. The number of carbonyl (C=O) groups excluding carboxylic acids is 1. The molecule has 1 aliphatic heterocycles. The molecule has 3 nitrogen and oxygen atoms in total. The summed E-state index contributed by atoms with van der Waals surface area (Å²) in [7, 11) is 1.59. The first kappa shape index (κ1) is 11.8. The van der Waals surface area contributed by atoms with Gasteiger partial charge in [-0.2, -0.15) is 0 Å². The maximum atomic E-state index is 12.5. The van der Waals surface area contributed by atoms with Gasteiger partial charge in [0.05, 0.1) is 19.3 Å². The molecule has 0 aromatic heterocycles. The fourth-order valence-corrected chi connectivity index (χ4v) is 2.31. The number of rotatable bonds is 3. The standard InChI is InChI=1S/C16H14O3/c1-18-13-6-2-5-12(10-13)15(17)14-7-3-4-11-8-9-19-16(11)14/h2-7,10H,8-9H2,1H3. The van der Waals surface area contributed by atoms with Gasteiger partial charge in [-0.25, -0.2) is 0 Å². The van der Waals surface area contributed by atoms with Crippen molar-refractivity contribution in [3.63, 3.8) is 0 Å². The monoisotopic (exact) mass is 254 g/mol. The predicted molar refractivity (Wildman–Crippen MR) is 72.1 cm³/mol. The van der Waals surface area contributed by atoms with Gasteiger partial charge in [0.2, 0.25) is 0 Å². The van der Waals surface area contributed by atoms with Gasteiger partial charge in [-0.05, 0) is 23.8 Å². The molecule has 0 N–H and O–H groups in total. The van der Waals surface area contributed by atoms with Crippen molar-refractivity contribution in [3.05, 3.63) is 59.2 Å². The van der Waals surface area contributed by atoms with Crippen molar-refractivity contribution in [1.82, 2.24) is 0 Å². The molecule has 0 amide bonds. The van der Waals surface area contributed by atoms with E-state index in [1.807, 2.05) is 30.3 Å². The molecule has 96 valence electrons. The molecule has 1 heterocycles. The summed E-state index contributed by atoms with van der Waals surface area (Å²) >= 11 is 0. The molecule has 0 aliphatic carbocycles. The molecule has 0 saturated carbocycles. The molecule has 3 heteroatoms. The maximum absolute atomic E-state index is 12.5. The smallest absolute Gasteiger partial charge is 0.196 e. The zero-order valence-corrected chi connectivity index (χ0v) is 10.7. The molecule has 0 fully saturated rings. The highest BCUT2D eigenvalue weighted by Crippen LogP contribution is 2.31. The van der Waals surface area contributed by atoms with Crippen LogP contribution >= 0.6 is 0 Å². The van der Waals surface area contributed by atoms with E-state index in [-0.39, 0.29) is 5.78 Å². The largest absolute Gasteiger partial charge is 0.497 e. The number of benzene rings is 2. The predicted octanol–water partition coefficient (Wildman–Crippen LogP) is 2.86. The summed E-state index contributed by atoms with van der Waals surface area (Å²) < 4.78 is 10.7. The highest BCUT2D eigenvalue weighted by molar-refractivity contribution is 6.11. The van der Waals surface area contributed by atoms with Gasteiger partial charge in [0, 0.05) is 12.0 Å². The van der Waals surface area contributed by atoms with Crippen LogP contribution in [-0.2, 0) is 6.42 Å². The van der Waals surface area contributed by atoms with E-state index in [2.05, 4.69) is 0 Å². The first-order valence-corrected chi connectivity index (χ1v) is 6.23. The fourth-order valence-electron chi connectivity index (χ4n) is 2.31. The summed E-state index contributed by atoms with van der Waals surface area (Å²) in [5.41, 5.74) is 2.35. The van der Waals surface area contributed by atoms with Crippen molar-refractivity contribution in [1.29, 1.82) is 0 Å². The van der Waals surface area contributed by atoms with Crippen LogP contribution in [0.3, 0.4) is 0 Å². The Labute approximate surface area is 111 Å². The first-order chi connectivity index (χ1) is 9.29. The van der Waals surface area contributed by atoms with Crippen LogP contribution < -0.4 is 9.47 Å². The van der Waals surface area contributed by atoms with Crippen LogP contribution in [0.15, 0.2) is 42.5 Å². The minimum atomic E-state index is -0.0300. The lowest BCUT2D eigenvalue weighted by Gasteiger charge is -2.08. The van der Waals surface area contributed by atoms with Crippen molar-refractivity contribution in [3.8, 4) is 11.5 Å². The summed E-state index contributed by atoms with van der Waals surface area (Å²) in [6.45, 7) is 0.651. The Balaban J connectivity index is 2.02. The third kappa shape index (κ3) is 2.08. The number of hydrogen-bond acceptors (Lipinski definition) is 3. The van der Waals surface area contributed by atoms with Crippen LogP contribution in [0.2, 0.25) is 0 Å². The Bertz CT molecular complexity index is 632. The number of fused-ring (bicyclic) bond motifs is 1. The van der Waals surface area contributed by atoms with Gasteiger partial charge in [-0.3, -0.25) is 4.79 Å². The molecule has 0 bridgehead atoms. The van der Waals surface area contributed by atoms with Crippen molar-refractivity contribution >= 4 is 5.78 Å². The lowest BCUT2D eigenvalue weighted by atomic mass is 10.00. The molecule has 0 unspecified atom stereocenters. The Kier molecular flexibility index (Phi) is 2.95. The number of ether oxygens (including phenoxy) is 2. The van der Waals surface area contributed by atoms with Crippen molar-refractivity contribution < 1.29 is 14.3 Å². The minimum Gasteiger partial charge on any atom is -0.497 e. The highest BCUT2D eigenvalue weighted by Gasteiger charge is 2.21. The van der Waals surface area contributed by atoms with Gasteiger partial charge < -0.3 is 9.47 Å². The summed E-state index contributed by atoms with van der Waals surface area (Å²) in [4.78, 5) is 12.5. The Morgan fingerprint density at radius 3 is 2.89 bits per heavy atom. The highest BCUT2D eigenvalue weighted by atomic mass is 16.5. The number of para-hydroxylation sites is 1. The maximum Gasteiger partial charge on any atom is 0.196 e. The third-order valence-electron chi connectivity index (χ3n) is 3.29. The van der Waals surface area contributed by atoms with Crippen LogP contribution in [0.1, 0.15) is 21.5 Å². The van der Waals surface area contributed by atoms with Crippen LogP contribution in [0.25, 0.3) is 0 Å². The van der Waals surface area contributed by atoms with E-state index in [4.69, 9.17) is 9.47 Å². The number of ketones is 1. The second-order valence-electron chi connectivity index (χ2n) is 4.45. The molecule has 3 rings (SSSR count). The van der Waals surface area contributed by atoms with Gasteiger partial charge in [0.1, 0.15) is 11.5 Å². The lowest BCUT2D eigenvalue weighted by molar-refractivity contribution is 0.103. The molecule has 0 saturated heterocycles. The molecule has 0 radical (unpaired) electrons. The molecule has 2 aromatic carbocycles. The Hall–Kier alpha value is -2.29. The number of methoxy groups -OCH3 is 1. The Morgan fingerprint density at radius 1 is 1.21 bits per heavy atom. The first-order valence-electron chi connectivity index (χ1n) is 6.23. The van der Waals surface area contributed by atoms with Crippen LogP contribution in [0.5, 0.6) is 11.5 Å². The second kappa shape index (κ2) is 4.76. The number of hydrogen-bond donors (Lipinski definition) is 0. The van der Waals surface area contributed by atoms with E-state index in [0.717, 1.165) is 17.7 Å². The average Bonchev–Trinajstić information content (AvgIpc) is 2.95. The zero-order valence-electron chi connectivity index (χ0n) is 10.7. The van der Waals surface area contributed by atoms with Crippen LogP contribution in [0.4, 0.5) is 0 Å². The molecule has 0 spiro atoms. The average molecular weight is 254 g/mol.